The van der Waals surface area contributed by atoms with E-state index in [-0.39, 0.29) is 31.6 Å². The lowest BCUT2D eigenvalue weighted by Crippen LogP contribution is -2.61. The largest absolute Gasteiger partial charge is 0.481 e. The molecule has 2 aliphatic heterocycles. The van der Waals surface area contributed by atoms with E-state index < -0.39 is 147 Å². The molecule has 0 amide bonds. The highest BCUT2D eigenvalue weighted by molar-refractivity contribution is 5.71. The third kappa shape index (κ3) is 19.9. The zero-order valence-electron chi connectivity index (χ0n) is 38.4. The van der Waals surface area contributed by atoms with Gasteiger partial charge in [0.25, 0.3) is 0 Å². The number of nitrogens with two attached hydrogens (primary N) is 1. The molecule has 65 heavy (non-hydrogen) atoms. The van der Waals surface area contributed by atoms with Crippen molar-refractivity contribution in [2.45, 2.75) is 190 Å². The average molecular weight is 928 g/mol. The van der Waals surface area contributed by atoms with E-state index in [0.717, 1.165) is 0 Å². The highest BCUT2D eigenvalue weighted by Gasteiger charge is 2.51. The molecule has 372 valence electrons. The molecule has 18 nitrogen and oxygen atoms in total. The van der Waals surface area contributed by atoms with Crippen molar-refractivity contribution in [3.8, 4) is 0 Å². The molecule has 0 saturated carbocycles. The fourth-order valence-electron chi connectivity index (χ4n) is 7.81. The van der Waals surface area contributed by atoms with Crippen LogP contribution in [0.5, 0.6) is 0 Å². The SMILES string of the molecule is C/C=C/C=C/C=C/[C@@H](C[C@@H]1O[C@](O)(C[C@@H](O)C[C@@H](O)[C@H](O)CC[C@@H](O)C[C@@H](O)CC(=O)O[C@@H](C)[C@H](C)[C@H](O)[C@@H](C)/C=C/C=C/C=C/C)C[C@H](O)[C@H]1C(=O)O)O[C@@H]1O[C@H](C)[C@@H](O)[C@H](N)[C@@H]1O. The Morgan fingerprint density at radius 2 is 1.40 bits per heavy atom. The lowest BCUT2D eigenvalue weighted by atomic mass is 9.82. The molecular weight excluding hydrogens is 851 g/mol. The number of hydrogen-bond donors (Lipinski definition) is 12. The van der Waals surface area contributed by atoms with Crippen LogP contribution < -0.4 is 5.73 Å². The zero-order chi connectivity index (χ0) is 49.0. The van der Waals surface area contributed by atoms with E-state index in [1.807, 2.05) is 57.2 Å². The van der Waals surface area contributed by atoms with Crippen molar-refractivity contribution in [1.29, 1.82) is 0 Å². The van der Waals surface area contributed by atoms with Crippen LogP contribution in [0.2, 0.25) is 0 Å². The molecule has 2 aliphatic rings. The van der Waals surface area contributed by atoms with Gasteiger partial charge in [-0.2, -0.15) is 0 Å². The maximum absolute atomic E-state index is 12.6. The van der Waals surface area contributed by atoms with E-state index in [2.05, 4.69) is 0 Å². The second-order valence-electron chi connectivity index (χ2n) is 17.5. The van der Waals surface area contributed by atoms with Gasteiger partial charge in [0.15, 0.2) is 12.1 Å². The minimum absolute atomic E-state index is 0.107. The predicted octanol–water partition coefficient (Wildman–Crippen LogP) is 1.18. The van der Waals surface area contributed by atoms with Crippen molar-refractivity contribution >= 4 is 11.9 Å². The monoisotopic (exact) mass is 928 g/mol. The topological polar surface area (TPSA) is 320 Å². The van der Waals surface area contributed by atoms with Crippen LogP contribution in [-0.4, -0.2) is 166 Å². The number of aliphatic carboxylic acids is 1. The van der Waals surface area contributed by atoms with Crippen LogP contribution in [-0.2, 0) is 28.5 Å². The Morgan fingerprint density at radius 3 is 2.00 bits per heavy atom. The van der Waals surface area contributed by atoms with Gasteiger partial charge in [0.05, 0.1) is 79.6 Å². The first-order valence-corrected chi connectivity index (χ1v) is 22.5. The van der Waals surface area contributed by atoms with Crippen LogP contribution in [0.4, 0.5) is 0 Å². The third-order valence-corrected chi connectivity index (χ3v) is 11.9. The predicted molar refractivity (Wildman–Crippen MR) is 239 cm³/mol. The van der Waals surface area contributed by atoms with Gasteiger partial charge >= 0.3 is 11.9 Å². The Kier molecular flexibility index (Phi) is 25.7. The summed E-state index contributed by atoms with van der Waals surface area (Å²) < 4.78 is 23.0. The first-order valence-electron chi connectivity index (χ1n) is 22.5. The number of esters is 1. The fourth-order valence-corrected chi connectivity index (χ4v) is 7.81. The number of carbonyl (C=O) groups excluding carboxylic acids is 1. The number of aliphatic hydroxyl groups is 10. The van der Waals surface area contributed by atoms with Crippen molar-refractivity contribution in [3.63, 3.8) is 0 Å². The standard InChI is InChI=1S/C47H77NO17/c1-7-9-11-13-15-17-27(3)42(56)28(4)29(5)62-39(55)23-32(50)21-31(49)19-20-35(52)36(53)22-33(51)25-47(61)26-37(54)40(45(59)60)38(65-47)24-34(18-16-14-12-10-8-2)64-46-44(58)41(48)43(57)30(6)63-46/h7-18,27-38,40-44,46,49-54,56-58,61H,19-26,48H2,1-6H3,(H,59,60)/b9-7+,10-8+,13-11+,14-12+,17-15+,18-16+/t27-,28-,29-,30+,31+,32+,33-,34-,35+,36+,37-,38-,40+,41-,42+,43+,44-,46-,47+/m0/s1. The zero-order valence-corrected chi connectivity index (χ0v) is 38.4. The molecule has 2 rings (SSSR count). The highest BCUT2D eigenvalue weighted by Crippen LogP contribution is 2.38. The van der Waals surface area contributed by atoms with Crippen LogP contribution in [0.3, 0.4) is 0 Å². The van der Waals surface area contributed by atoms with Gasteiger partial charge in [0.2, 0.25) is 0 Å². The number of rotatable bonds is 27. The summed E-state index contributed by atoms with van der Waals surface area (Å²) in [6.45, 7) is 10.5. The van der Waals surface area contributed by atoms with Crippen molar-refractivity contribution in [3.05, 3.63) is 72.9 Å². The molecule has 2 saturated heterocycles. The van der Waals surface area contributed by atoms with Crippen LogP contribution in [0.25, 0.3) is 0 Å². The molecule has 0 unspecified atom stereocenters. The Morgan fingerprint density at radius 1 is 0.800 bits per heavy atom. The summed E-state index contributed by atoms with van der Waals surface area (Å²) in [6.07, 6.45) is 0.444. The second-order valence-corrected chi connectivity index (χ2v) is 17.5. The number of carbonyl (C=O) groups is 2. The number of carboxylic acid groups (broad SMARTS) is 1. The second kappa shape index (κ2) is 28.9. The molecule has 18 heteroatoms. The summed E-state index contributed by atoms with van der Waals surface area (Å²) in [5, 5.41) is 118. The minimum Gasteiger partial charge on any atom is -0.481 e. The molecule has 2 fully saturated rings. The van der Waals surface area contributed by atoms with E-state index in [9.17, 15) is 65.8 Å². The number of carboxylic acids is 1. The summed E-state index contributed by atoms with van der Waals surface area (Å²) in [5.74, 6) is -6.72. The smallest absolute Gasteiger partial charge is 0.311 e. The molecule has 0 aromatic rings. The number of allylic oxidation sites excluding steroid dienone is 10. The Balaban J connectivity index is 1.97. The summed E-state index contributed by atoms with van der Waals surface area (Å²) in [5.41, 5.74) is 5.98. The number of hydrogen-bond acceptors (Lipinski definition) is 17. The third-order valence-electron chi connectivity index (χ3n) is 11.9. The van der Waals surface area contributed by atoms with Crippen molar-refractivity contribution in [2.24, 2.45) is 23.5 Å². The van der Waals surface area contributed by atoms with Gasteiger partial charge in [-0.15, -0.1) is 0 Å². The van der Waals surface area contributed by atoms with E-state index in [1.54, 1.807) is 44.2 Å². The van der Waals surface area contributed by atoms with Crippen LogP contribution in [0.15, 0.2) is 72.9 Å². The Bertz CT molecular complexity index is 1590. The normalized spacial score (nSPS) is 31.6. The molecule has 13 N–H and O–H groups in total. The minimum atomic E-state index is -2.32. The van der Waals surface area contributed by atoms with Gasteiger partial charge in [0, 0.05) is 37.5 Å². The first kappa shape index (κ1) is 57.9. The maximum Gasteiger partial charge on any atom is 0.311 e. The molecule has 0 aromatic heterocycles. The lowest BCUT2D eigenvalue weighted by molar-refractivity contribution is -0.308. The van der Waals surface area contributed by atoms with Crippen LogP contribution in [0, 0.1) is 17.8 Å². The quantitative estimate of drug-likeness (QED) is 0.0407. The van der Waals surface area contributed by atoms with Crippen molar-refractivity contribution < 1.29 is 84.7 Å². The fraction of sp³-hybridized carbons (Fsp3) is 0.702. The molecule has 0 aliphatic carbocycles. The van der Waals surface area contributed by atoms with E-state index >= 15 is 0 Å². The van der Waals surface area contributed by atoms with Crippen LogP contribution in [0.1, 0.15) is 92.9 Å². The van der Waals surface area contributed by atoms with Gasteiger partial charge in [-0.25, -0.2) is 0 Å². The molecule has 19 atom stereocenters. The number of ether oxygens (including phenoxy) is 4. The van der Waals surface area contributed by atoms with E-state index in [0.29, 0.717) is 0 Å². The van der Waals surface area contributed by atoms with Gasteiger partial charge in [-0.1, -0.05) is 86.8 Å². The molecule has 0 aromatic carbocycles. The molecule has 0 radical (unpaired) electrons. The van der Waals surface area contributed by atoms with Gasteiger partial charge in [-0.3, -0.25) is 9.59 Å². The molecule has 0 spiro atoms. The van der Waals surface area contributed by atoms with E-state index in [4.69, 9.17) is 24.7 Å². The van der Waals surface area contributed by atoms with E-state index in [1.165, 1.54) is 13.0 Å². The van der Waals surface area contributed by atoms with Crippen molar-refractivity contribution in [2.75, 3.05) is 0 Å². The van der Waals surface area contributed by atoms with Gasteiger partial charge < -0.3 is 80.9 Å². The molecule has 0 bridgehead atoms. The molecule has 2 heterocycles. The molecular formula is C47H77NO17. The van der Waals surface area contributed by atoms with Crippen molar-refractivity contribution in [1.82, 2.24) is 0 Å². The van der Waals surface area contributed by atoms with Crippen LogP contribution >= 0.6 is 0 Å². The number of aliphatic hydroxyl groups excluding tert-OH is 9. The summed E-state index contributed by atoms with van der Waals surface area (Å²) >= 11 is 0. The Hall–Kier alpha value is -3.18. The summed E-state index contributed by atoms with van der Waals surface area (Å²) in [6, 6.07) is -1.13. The van der Waals surface area contributed by atoms with Gasteiger partial charge in [0.1, 0.15) is 18.1 Å². The average Bonchev–Trinajstić information content (AvgIpc) is 3.22. The summed E-state index contributed by atoms with van der Waals surface area (Å²) in [4.78, 5) is 25.0. The lowest BCUT2D eigenvalue weighted by Gasteiger charge is -2.45. The Labute approximate surface area is 382 Å². The maximum atomic E-state index is 12.6. The summed E-state index contributed by atoms with van der Waals surface area (Å²) in [7, 11) is 0. The highest BCUT2D eigenvalue weighted by atomic mass is 16.7. The van der Waals surface area contributed by atoms with Gasteiger partial charge in [-0.05, 0) is 47.0 Å². The first-order chi connectivity index (χ1) is 30.5.